The van der Waals surface area contributed by atoms with Gasteiger partial charge in [0.05, 0.1) is 35.9 Å². The molecule has 1 atom stereocenters. The maximum absolute atomic E-state index is 12.6. The zero-order valence-electron chi connectivity index (χ0n) is 18.0. The summed E-state index contributed by atoms with van der Waals surface area (Å²) in [7, 11) is 1.55. The lowest BCUT2D eigenvalue weighted by Gasteiger charge is -2.33. The summed E-state index contributed by atoms with van der Waals surface area (Å²) >= 11 is 0. The summed E-state index contributed by atoms with van der Waals surface area (Å²) in [6.45, 7) is 3.80. The fourth-order valence-electron chi connectivity index (χ4n) is 4.57. The predicted octanol–water partition coefficient (Wildman–Crippen LogP) is 3.91. The summed E-state index contributed by atoms with van der Waals surface area (Å²) in [5, 5.41) is 12.7. The molecule has 1 saturated carbocycles. The fraction of sp³-hybridized carbons (Fsp3) is 0.375. The number of hydrogen-bond donors (Lipinski definition) is 2. The third kappa shape index (κ3) is 3.70. The van der Waals surface area contributed by atoms with Crippen LogP contribution >= 0.6 is 0 Å². The van der Waals surface area contributed by atoms with E-state index in [9.17, 15) is 10.1 Å². The van der Waals surface area contributed by atoms with Crippen LogP contribution in [0.1, 0.15) is 60.8 Å². The van der Waals surface area contributed by atoms with Crippen LogP contribution in [0.25, 0.3) is 0 Å². The number of ether oxygens (including phenoxy) is 2. The molecule has 1 fully saturated rings. The fourth-order valence-corrected chi connectivity index (χ4v) is 4.57. The van der Waals surface area contributed by atoms with Gasteiger partial charge < -0.3 is 20.5 Å². The van der Waals surface area contributed by atoms with Crippen LogP contribution in [0.5, 0.6) is 11.6 Å². The van der Waals surface area contributed by atoms with Gasteiger partial charge in [-0.1, -0.05) is 6.07 Å². The number of methoxy groups -OCH3 is 1. The van der Waals surface area contributed by atoms with Gasteiger partial charge in [-0.25, -0.2) is 4.98 Å². The minimum Gasteiger partial charge on any atom is -0.496 e. The molecule has 7 nitrogen and oxygen atoms in total. The number of aromatic nitrogens is 1. The van der Waals surface area contributed by atoms with Crippen molar-refractivity contribution in [2.45, 2.75) is 51.6 Å². The Balaban J connectivity index is 1.96. The molecule has 1 amide bonds. The van der Waals surface area contributed by atoms with E-state index < -0.39 is 11.8 Å². The summed E-state index contributed by atoms with van der Waals surface area (Å²) in [6, 6.07) is 7.33. The number of nitrogens with two attached hydrogens (primary N) is 1. The number of anilines is 1. The summed E-state index contributed by atoms with van der Waals surface area (Å²) in [6.07, 6.45) is 6.13. The van der Waals surface area contributed by atoms with Crippen molar-refractivity contribution in [3.63, 3.8) is 0 Å². The highest BCUT2D eigenvalue weighted by atomic mass is 16.5. The second-order valence-corrected chi connectivity index (χ2v) is 8.09. The number of carbonyl (C=O) groups excluding carboxylic acids is 1. The Morgan fingerprint density at radius 3 is 2.68 bits per heavy atom. The summed E-state index contributed by atoms with van der Waals surface area (Å²) in [5.74, 6) is -0.0416. The van der Waals surface area contributed by atoms with E-state index in [1.165, 1.54) is 0 Å². The number of nitrogens with one attached hydrogen (secondary N) is 1. The van der Waals surface area contributed by atoms with Crippen molar-refractivity contribution in [3.05, 3.63) is 57.9 Å². The highest BCUT2D eigenvalue weighted by Crippen LogP contribution is 2.49. The molecule has 2 aliphatic rings. The number of amides is 1. The number of hydrogen-bond acceptors (Lipinski definition) is 6. The van der Waals surface area contributed by atoms with Crippen LogP contribution in [0, 0.1) is 18.3 Å². The van der Waals surface area contributed by atoms with Gasteiger partial charge in [0.2, 0.25) is 11.8 Å². The van der Waals surface area contributed by atoms with E-state index in [-0.39, 0.29) is 6.10 Å². The molecular weight excluding hydrogens is 392 g/mol. The topological polar surface area (TPSA) is 110 Å². The van der Waals surface area contributed by atoms with Crippen LogP contribution in [0.15, 0.2) is 35.7 Å². The number of pyridine rings is 1. The van der Waals surface area contributed by atoms with Crippen LogP contribution in [0.2, 0.25) is 0 Å². The third-order valence-electron chi connectivity index (χ3n) is 6.08. The lowest BCUT2D eigenvalue weighted by Crippen LogP contribution is -2.29. The maximum Gasteiger partial charge on any atom is 0.247 e. The zero-order chi connectivity index (χ0) is 22.1. The Labute approximate surface area is 181 Å². The first-order valence-electron chi connectivity index (χ1n) is 10.5. The Kier molecular flexibility index (Phi) is 5.55. The van der Waals surface area contributed by atoms with E-state index in [0.29, 0.717) is 28.5 Å². The van der Waals surface area contributed by atoms with E-state index >= 15 is 0 Å². The Hall–Kier alpha value is -3.53. The Morgan fingerprint density at radius 1 is 1.29 bits per heavy atom. The molecule has 1 aliphatic heterocycles. The average molecular weight is 418 g/mol. The van der Waals surface area contributed by atoms with Crippen LogP contribution in [0.3, 0.4) is 0 Å². The molecule has 1 unspecified atom stereocenters. The molecule has 1 aromatic carbocycles. The van der Waals surface area contributed by atoms with Crippen LogP contribution in [-0.4, -0.2) is 24.1 Å². The number of carbonyl (C=O) groups is 1. The van der Waals surface area contributed by atoms with Gasteiger partial charge in [0.15, 0.2) is 0 Å². The normalized spacial score (nSPS) is 18.2. The highest BCUT2D eigenvalue weighted by Gasteiger charge is 2.37. The lowest BCUT2D eigenvalue weighted by molar-refractivity contribution is -0.114. The number of rotatable bonds is 5. The molecule has 0 spiro atoms. The van der Waals surface area contributed by atoms with Gasteiger partial charge >= 0.3 is 0 Å². The first-order valence-corrected chi connectivity index (χ1v) is 10.5. The van der Waals surface area contributed by atoms with Gasteiger partial charge in [-0.2, -0.15) is 5.26 Å². The van der Waals surface area contributed by atoms with Crippen molar-refractivity contribution in [2.75, 3.05) is 12.4 Å². The second-order valence-electron chi connectivity index (χ2n) is 8.09. The molecular formula is C24H26N4O3. The first kappa shape index (κ1) is 20.7. The Bertz CT molecular complexity index is 1110. The maximum atomic E-state index is 12.6. The largest absolute Gasteiger partial charge is 0.496 e. The van der Waals surface area contributed by atoms with E-state index in [4.69, 9.17) is 15.2 Å². The average Bonchev–Trinajstić information content (AvgIpc) is 3.27. The number of benzene rings is 1. The third-order valence-corrected chi connectivity index (χ3v) is 6.08. The van der Waals surface area contributed by atoms with Crippen molar-refractivity contribution >= 4 is 11.6 Å². The van der Waals surface area contributed by atoms with E-state index in [1.807, 2.05) is 19.9 Å². The number of fused-ring (bicyclic) bond motifs is 1. The molecule has 1 aliphatic carbocycles. The van der Waals surface area contributed by atoms with Gasteiger partial charge in [-0.05, 0) is 57.2 Å². The molecule has 1 aromatic heterocycles. The number of nitriles is 1. The molecule has 0 radical (unpaired) electrons. The first-order chi connectivity index (χ1) is 14.9. The minimum atomic E-state index is -0.528. The highest BCUT2D eigenvalue weighted by molar-refractivity contribution is 5.98. The quantitative estimate of drug-likeness (QED) is 0.762. The lowest BCUT2D eigenvalue weighted by atomic mass is 9.79. The standard InChI is InChI=1S/C24H26N4O3/c1-13-12-27-24(31-16-6-4-5-7-16)21-20(19(23(26)29)14(2)28-22(13)21)17-9-8-15(11-25)10-18(17)30-3/h8-10,12,16,20,28H,4-7H2,1-3H3,(H2,26,29). The van der Waals surface area contributed by atoms with Crippen molar-refractivity contribution < 1.29 is 14.3 Å². The van der Waals surface area contributed by atoms with E-state index in [2.05, 4.69) is 16.4 Å². The van der Waals surface area contributed by atoms with E-state index in [0.717, 1.165) is 48.1 Å². The van der Waals surface area contributed by atoms with Gasteiger partial charge in [0.25, 0.3) is 0 Å². The van der Waals surface area contributed by atoms with Crippen LogP contribution in [0.4, 0.5) is 5.69 Å². The molecule has 3 N–H and O–H groups in total. The van der Waals surface area contributed by atoms with Crippen molar-refractivity contribution in [2.24, 2.45) is 5.73 Å². The zero-order valence-corrected chi connectivity index (χ0v) is 18.0. The van der Waals surface area contributed by atoms with Crippen LogP contribution in [-0.2, 0) is 4.79 Å². The number of primary amides is 1. The molecule has 0 saturated heterocycles. The molecule has 0 bridgehead atoms. The molecule has 2 aromatic rings. The number of allylic oxidation sites excluding steroid dienone is 1. The second kappa shape index (κ2) is 8.31. The van der Waals surface area contributed by atoms with Gasteiger partial charge in [-0.3, -0.25) is 4.79 Å². The van der Waals surface area contributed by atoms with Crippen molar-refractivity contribution in [3.8, 4) is 17.7 Å². The monoisotopic (exact) mass is 418 g/mol. The number of nitrogens with zero attached hydrogens (tertiary/aromatic N) is 2. The van der Waals surface area contributed by atoms with Gasteiger partial charge in [0, 0.05) is 23.0 Å². The molecule has 2 heterocycles. The summed E-state index contributed by atoms with van der Waals surface area (Å²) in [4.78, 5) is 17.2. The number of aryl methyl sites for hydroxylation is 1. The van der Waals surface area contributed by atoms with Crippen LogP contribution < -0.4 is 20.5 Å². The Morgan fingerprint density at radius 2 is 2.03 bits per heavy atom. The van der Waals surface area contributed by atoms with E-state index in [1.54, 1.807) is 25.4 Å². The van der Waals surface area contributed by atoms with Gasteiger partial charge in [-0.15, -0.1) is 0 Å². The minimum absolute atomic E-state index is 0.104. The van der Waals surface area contributed by atoms with Crippen molar-refractivity contribution in [1.82, 2.24) is 4.98 Å². The molecule has 160 valence electrons. The predicted molar refractivity (Wildman–Crippen MR) is 117 cm³/mol. The SMILES string of the molecule is COc1cc(C#N)ccc1C1C(C(N)=O)=C(C)Nc2c(C)cnc(OC3CCCC3)c21. The van der Waals surface area contributed by atoms with Crippen molar-refractivity contribution in [1.29, 1.82) is 5.26 Å². The van der Waals surface area contributed by atoms with Gasteiger partial charge in [0.1, 0.15) is 11.9 Å². The summed E-state index contributed by atoms with van der Waals surface area (Å²) in [5.41, 5.74) is 10.7. The molecule has 31 heavy (non-hydrogen) atoms. The summed E-state index contributed by atoms with van der Waals surface area (Å²) < 4.78 is 12.0. The molecule has 7 heteroatoms. The smallest absolute Gasteiger partial charge is 0.247 e. The molecule has 4 rings (SSSR count).